The van der Waals surface area contributed by atoms with Crippen molar-refractivity contribution in [3.8, 4) is 0 Å². The second kappa shape index (κ2) is 5.38. The second-order valence-electron chi connectivity index (χ2n) is 8.12. The van der Waals surface area contributed by atoms with E-state index in [2.05, 4.69) is 5.32 Å². The zero-order chi connectivity index (χ0) is 19.1. The number of nitrogens with one attached hydrogen (secondary N) is 1. The van der Waals surface area contributed by atoms with Crippen LogP contribution in [-0.4, -0.2) is 46.1 Å². The monoisotopic (exact) mass is 371 g/mol. The fourth-order valence-electron chi connectivity index (χ4n) is 5.81. The van der Waals surface area contributed by atoms with Crippen LogP contribution in [0.4, 0.5) is 10.1 Å². The maximum atomic E-state index is 14.1. The SMILES string of the molecule is CC[C@@H](C)N1C(=O)[C@@H]2[C@H]3CCCN3[C@]3(C(=O)Nc4ccc(F)cc43)[C@@H]2C1=O. The first-order chi connectivity index (χ1) is 12.9. The molecule has 3 fully saturated rings. The molecule has 3 amide bonds. The molecule has 1 aromatic rings. The molecule has 4 aliphatic rings. The van der Waals surface area contributed by atoms with Crippen molar-refractivity contribution < 1.29 is 18.8 Å². The molecule has 5 rings (SSSR count). The number of fused-ring (bicyclic) bond motifs is 7. The minimum atomic E-state index is -1.28. The van der Waals surface area contributed by atoms with E-state index in [1.807, 2.05) is 18.7 Å². The van der Waals surface area contributed by atoms with Crippen molar-refractivity contribution in [2.75, 3.05) is 11.9 Å². The molecule has 0 radical (unpaired) electrons. The third kappa shape index (κ3) is 1.81. The van der Waals surface area contributed by atoms with Crippen LogP contribution >= 0.6 is 0 Å². The molecule has 7 heteroatoms. The highest BCUT2D eigenvalue weighted by atomic mass is 19.1. The lowest BCUT2D eigenvalue weighted by Crippen LogP contribution is -2.54. The van der Waals surface area contributed by atoms with Crippen LogP contribution in [0.15, 0.2) is 18.2 Å². The number of amides is 3. The lowest BCUT2D eigenvalue weighted by molar-refractivity contribution is -0.147. The molecule has 1 spiro atoms. The summed E-state index contributed by atoms with van der Waals surface area (Å²) in [6, 6.07) is 3.84. The Bertz CT molecular complexity index is 887. The molecule has 0 aromatic heterocycles. The molecule has 1 N–H and O–H groups in total. The Kier molecular flexibility index (Phi) is 3.36. The Labute approximate surface area is 156 Å². The van der Waals surface area contributed by atoms with Crippen molar-refractivity contribution in [1.29, 1.82) is 0 Å². The number of halogens is 1. The van der Waals surface area contributed by atoms with Gasteiger partial charge in [-0.05, 0) is 50.9 Å². The normalized spacial score (nSPS) is 35.6. The molecular formula is C20H22FN3O3. The van der Waals surface area contributed by atoms with Crippen molar-refractivity contribution in [3.63, 3.8) is 0 Å². The molecule has 0 saturated carbocycles. The highest BCUT2D eigenvalue weighted by Crippen LogP contribution is 2.60. The highest BCUT2D eigenvalue weighted by Gasteiger charge is 2.74. The van der Waals surface area contributed by atoms with Gasteiger partial charge in [0.05, 0.1) is 11.8 Å². The zero-order valence-electron chi connectivity index (χ0n) is 15.4. The fourth-order valence-corrected chi connectivity index (χ4v) is 5.81. The van der Waals surface area contributed by atoms with Crippen LogP contribution < -0.4 is 5.32 Å². The third-order valence-electron chi connectivity index (χ3n) is 7.02. The Morgan fingerprint density at radius 3 is 2.81 bits per heavy atom. The van der Waals surface area contributed by atoms with E-state index in [0.29, 0.717) is 24.2 Å². The van der Waals surface area contributed by atoms with Crippen LogP contribution in [0.25, 0.3) is 0 Å². The topological polar surface area (TPSA) is 69.7 Å². The number of hydrogen-bond acceptors (Lipinski definition) is 4. The predicted molar refractivity (Wildman–Crippen MR) is 95.0 cm³/mol. The van der Waals surface area contributed by atoms with Gasteiger partial charge >= 0.3 is 0 Å². The summed E-state index contributed by atoms with van der Waals surface area (Å²) in [5.41, 5.74) is -0.243. The number of anilines is 1. The predicted octanol–water partition coefficient (Wildman–Crippen LogP) is 1.85. The van der Waals surface area contributed by atoms with Crippen molar-refractivity contribution >= 4 is 23.4 Å². The van der Waals surface area contributed by atoms with Gasteiger partial charge in [0.1, 0.15) is 11.4 Å². The molecule has 0 unspecified atom stereocenters. The van der Waals surface area contributed by atoms with Crippen molar-refractivity contribution in [2.45, 2.75) is 50.7 Å². The van der Waals surface area contributed by atoms with Crippen LogP contribution in [-0.2, 0) is 19.9 Å². The van der Waals surface area contributed by atoms with Gasteiger partial charge < -0.3 is 5.32 Å². The number of nitrogens with zero attached hydrogens (tertiary/aromatic N) is 2. The minimum Gasteiger partial charge on any atom is -0.324 e. The number of benzene rings is 1. The average molecular weight is 371 g/mol. The Morgan fingerprint density at radius 1 is 1.30 bits per heavy atom. The highest BCUT2D eigenvalue weighted by molar-refractivity contribution is 6.15. The van der Waals surface area contributed by atoms with Crippen molar-refractivity contribution in [1.82, 2.24) is 9.80 Å². The van der Waals surface area contributed by atoms with E-state index in [9.17, 15) is 18.8 Å². The number of rotatable bonds is 2. The summed E-state index contributed by atoms with van der Waals surface area (Å²) in [7, 11) is 0. The van der Waals surface area contributed by atoms with E-state index in [-0.39, 0.29) is 29.8 Å². The Balaban J connectivity index is 1.74. The molecule has 142 valence electrons. The van der Waals surface area contributed by atoms with E-state index in [1.54, 1.807) is 6.07 Å². The van der Waals surface area contributed by atoms with Gasteiger partial charge in [0.15, 0.2) is 0 Å². The van der Waals surface area contributed by atoms with E-state index in [4.69, 9.17) is 0 Å². The van der Waals surface area contributed by atoms with Crippen LogP contribution in [0.1, 0.15) is 38.7 Å². The summed E-state index contributed by atoms with van der Waals surface area (Å²) in [5, 5.41) is 2.85. The number of likely N-dealkylation sites (tertiary alicyclic amines) is 1. The molecule has 5 atom stereocenters. The van der Waals surface area contributed by atoms with E-state index >= 15 is 0 Å². The largest absolute Gasteiger partial charge is 0.324 e. The van der Waals surface area contributed by atoms with Gasteiger partial charge in [-0.1, -0.05) is 6.92 Å². The number of hydrogen-bond donors (Lipinski definition) is 1. The average Bonchev–Trinajstić information content (AvgIpc) is 3.33. The van der Waals surface area contributed by atoms with Crippen LogP contribution in [0.3, 0.4) is 0 Å². The summed E-state index contributed by atoms with van der Waals surface area (Å²) >= 11 is 0. The van der Waals surface area contributed by atoms with Gasteiger partial charge in [-0.25, -0.2) is 4.39 Å². The standard InChI is InChI=1S/C20H22FN3O3/c1-3-10(2)24-17(25)15-14-5-4-8-23(14)20(16(15)18(24)26)12-9-11(21)6-7-13(12)22-19(20)27/h6-7,9-10,14-16H,3-5,8H2,1-2H3,(H,22,27)/t10-,14-,15-,16+,20+/m1/s1. The first kappa shape index (κ1) is 16.9. The maximum Gasteiger partial charge on any atom is 0.250 e. The van der Waals surface area contributed by atoms with E-state index in [0.717, 1.165) is 12.8 Å². The van der Waals surface area contributed by atoms with E-state index in [1.165, 1.54) is 17.0 Å². The van der Waals surface area contributed by atoms with Crippen molar-refractivity contribution in [3.05, 3.63) is 29.6 Å². The van der Waals surface area contributed by atoms with Gasteiger partial charge in [-0.2, -0.15) is 0 Å². The molecule has 6 nitrogen and oxygen atoms in total. The Morgan fingerprint density at radius 2 is 2.07 bits per heavy atom. The van der Waals surface area contributed by atoms with Crippen LogP contribution in [0.5, 0.6) is 0 Å². The Hall–Kier alpha value is -2.28. The summed E-state index contributed by atoms with van der Waals surface area (Å²) in [5.74, 6) is -2.54. The van der Waals surface area contributed by atoms with Gasteiger partial charge in [0, 0.05) is 23.3 Å². The first-order valence-corrected chi connectivity index (χ1v) is 9.68. The zero-order valence-corrected chi connectivity index (χ0v) is 15.4. The molecule has 4 heterocycles. The smallest absolute Gasteiger partial charge is 0.250 e. The molecule has 4 aliphatic heterocycles. The van der Waals surface area contributed by atoms with E-state index < -0.39 is 23.2 Å². The summed E-state index contributed by atoms with van der Waals surface area (Å²) in [4.78, 5) is 43.3. The number of carbonyl (C=O) groups excluding carboxylic acids is 3. The summed E-state index contributed by atoms with van der Waals surface area (Å²) in [6.45, 7) is 4.42. The maximum absolute atomic E-state index is 14.1. The minimum absolute atomic E-state index is 0.152. The quantitative estimate of drug-likeness (QED) is 0.806. The van der Waals surface area contributed by atoms with Gasteiger partial charge in [-0.3, -0.25) is 24.2 Å². The second-order valence-corrected chi connectivity index (χ2v) is 8.12. The third-order valence-corrected chi connectivity index (χ3v) is 7.02. The number of imide groups is 1. The molecule has 3 saturated heterocycles. The fraction of sp³-hybridized carbons (Fsp3) is 0.550. The van der Waals surface area contributed by atoms with Gasteiger partial charge in [0.2, 0.25) is 17.7 Å². The molecule has 0 aliphatic carbocycles. The molecule has 27 heavy (non-hydrogen) atoms. The summed E-state index contributed by atoms with van der Waals surface area (Å²) in [6.07, 6.45) is 2.29. The van der Waals surface area contributed by atoms with Crippen LogP contribution in [0.2, 0.25) is 0 Å². The molecular weight excluding hydrogens is 349 g/mol. The first-order valence-electron chi connectivity index (χ1n) is 9.68. The van der Waals surface area contributed by atoms with Gasteiger partial charge in [0.25, 0.3) is 0 Å². The van der Waals surface area contributed by atoms with Crippen LogP contribution in [0, 0.1) is 17.7 Å². The lowest BCUT2D eigenvalue weighted by atomic mass is 9.75. The van der Waals surface area contributed by atoms with Crippen molar-refractivity contribution in [2.24, 2.45) is 11.8 Å². The summed E-state index contributed by atoms with van der Waals surface area (Å²) < 4.78 is 14.1. The number of carbonyl (C=O) groups is 3. The van der Waals surface area contributed by atoms with Gasteiger partial charge in [-0.15, -0.1) is 0 Å². The molecule has 1 aromatic carbocycles. The molecule has 0 bridgehead atoms. The lowest BCUT2D eigenvalue weighted by Gasteiger charge is -2.37.